The zero-order chi connectivity index (χ0) is 24.2. The molecule has 3 rings (SSSR count). The largest absolute Gasteiger partial charge is 0.343 e. The Morgan fingerprint density at radius 2 is 1.73 bits per heavy atom. The van der Waals surface area contributed by atoms with E-state index in [1.807, 2.05) is 6.07 Å². The molecule has 0 spiro atoms. The number of carbonyl (C=O) groups is 2. The number of nitrogens with zero attached hydrogens (tertiary/aromatic N) is 3. The van der Waals surface area contributed by atoms with E-state index in [4.69, 9.17) is 0 Å². The van der Waals surface area contributed by atoms with E-state index in [1.54, 1.807) is 76.2 Å². The second-order valence-corrected chi connectivity index (χ2v) is 9.57. The molecular formula is C23H29N5O4S. The summed E-state index contributed by atoms with van der Waals surface area (Å²) < 4.78 is 26.7. The minimum absolute atomic E-state index is 0.0264. The third-order valence-electron chi connectivity index (χ3n) is 5.42. The molecule has 0 radical (unpaired) electrons. The van der Waals surface area contributed by atoms with Gasteiger partial charge in [0.2, 0.25) is 15.9 Å². The molecule has 0 fully saturated rings. The van der Waals surface area contributed by atoms with Crippen molar-refractivity contribution < 1.29 is 18.0 Å². The number of aliphatic imine (C=N–C) groups is 1. The molecule has 0 aliphatic carbocycles. The first-order chi connectivity index (χ1) is 15.7. The van der Waals surface area contributed by atoms with Gasteiger partial charge in [-0.05, 0) is 43.7 Å². The Morgan fingerprint density at radius 1 is 1.12 bits per heavy atom. The molecule has 2 aromatic rings. The van der Waals surface area contributed by atoms with Crippen LogP contribution in [0.25, 0.3) is 0 Å². The second kappa shape index (κ2) is 10.1. The smallest absolute Gasteiger partial charge is 0.288 e. The summed E-state index contributed by atoms with van der Waals surface area (Å²) in [5, 5.41) is 4.16. The lowest BCUT2D eigenvalue weighted by Gasteiger charge is -2.31. The van der Waals surface area contributed by atoms with E-state index in [9.17, 15) is 18.0 Å². The van der Waals surface area contributed by atoms with Crippen LogP contribution in [0.3, 0.4) is 0 Å². The first-order valence-corrected chi connectivity index (χ1v) is 12.3. The predicted octanol–water partition coefficient (Wildman–Crippen LogP) is 2.23. The van der Waals surface area contributed by atoms with Crippen LogP contribution in [0, 0.1) is 0 Å². The standard InChI is InChI=1S/C23H29N5O4S/c1-5-27(6-2)33(31,32)20-14-12-18(13-15-20)16(3)25-22(29)21-24-17(4)23(30)28(26-21)19-10-8-7-9-11-19/h7-17H,5-6H2,1-4H3,(H,24,26)(H,25,29)/t16-,17-/m0/s1. The molecule has 1 heterocycles. The summed E-state index contributed by atoms with van der Waals surface area (Å²) >= 11 is 0. The van der Waals surface area contributed by atoms with E-state index < -0.39 is 28.0 Å². The van der Waals surface area contributed by atoms with Gasteiger partial charge >= 0.3 is 0 Å². The van der Waals surface area contributed by atoms with E-state index in [-0.39, 0.29) is 16.6 Å². The molecule has 0 aromatic heterocycles. The van der Waals surface area contributed by atoms with E-state index >= 15 is 0 Å². The van der Waals surface area contributed by atoms with Crippen molar-refractivity contribution in [3.05, 3.63) is 60.2 Å². The maximum atomic E-state index is 12.9. The molecule has 10 heteroatoms. The molecule has 0 saturated carbocycles. The first kappa shape index (κ1) is 24.4. The van der Waals surface area contributed by atoms with Crippen LogP contribution in [0.2, 0.25) is 0 Å². The number of nitrogens with one attached hydrogen (secondary N) is 2. The highest BCUT2D eigenvalue weighted by atomic mass is 32.2. The van der Waals surface area contributed by atoms with Gasteiger partial charge in [-0.25, -0.2) is 18.4 Å². The van der Waals surface area contributed by atoms with Crippen LogP contribution >= 0.6 is 0 Å². The molecule has 2 aromatic carbocycles. The van der Waals surface area contributed by atoms with Crippen LogP contribution in [0.5, 0.6) is 0 Å². The molecule has 0 unspecified atom stereocenters. The van der Waals surface area contributed by atoms with Crippen LogP contribution in [0.4, 0.5) is 5.69 Å². The van der Waals surface area contributed by atoms with Crippen molar-refractivity contribution in [3.63, 3.8) is 0 Å². The van der Waals surface area contributed by atoms with Gasteiger partial charge in [0.25, 0.3) is 11.8 Å². The van der Waals surface area contributed by atoms with Crippen LogP contribution < -0.4 is 15.8 Å². The number of amidine groups is 1. The second-order valence-electron chi connectivity index (χ2n) is 7.63. The lowest BCUT2D eigenvalue weighted by molar-refractivity contribution is -0.120. The van der Waals surface area contributed by atoms with Crippen molar-refractivity contribution in [2.45, 2.75) is 44.7 Å². The fourth-order valence-electron chi connectivity index (χ4n) is 3.49. The van der Waals surface area contributed by atoms with E-state index in [2.05, 4.69) is 15.7 Å². The quantitative estimate of drug-likeness (QED) is 0.613. The first-order valence-electron chi connectivity index (χ1n) is 10.8. The molecule has 176 valence electrons. The molecule has 0 bridgehead atoms. The highest BCUT2D eigenvalue weighted by molar-refractivity contribution is 7.89. The number of anilines is 1. The molecule has 2 atom stereocenters. The molecule has 0 saturated heterocycles. The number of para-hydroxylation sites is 1. The molecule has 1 aliphatic heterocycles. The number of hydrogen-bond donors (Lipinski definition) is 2. The zero-order valence-electron chi connectivity index (χ0n) is 19.1. The third kappa shape index (κ3) is 5.23. The minimum Gasteiger partial charge on any atom is -0.343 e. The van der Waals surface area contributed by atoms with Gasteiger partial charge in [-0.3, -0.25) is 15.0 Å². The summed E-state index contributed by atoms with van der Waals surface area (Å²) in [5.41, 5.74) is 4.14. The summed E-state index contributed by atoms with van der Waals surface area (Å²) in [6.45, 7) is 7.79. The fraction of sp³-hybridized carbons (Fsp3) is 0.348. The summed E-state index contributed by atoms with van der Waals surface area (Å²) in [5.74, 6) is -0.711. The van der Waals surface area contributed by atoms with Gasteiger partial charge in [-0.15, -0.1) is 0 Å². The van der Waals surface area contributed by atoms with Crippen LogP contribution in [0.15, 0.2) is 64.5 Å². The Balaban J connectivity index is 1.72. The minimum atomic E-state index is -3.55. The molecule has 33 heavy (non-hydrogen) atoms. The van der Waals surface area contributed by atoms with Gasteiger partial charge in [0.05, 0.1) is 16.6 Å². The Labute approximate surface area is 194 Å². The van der Waals surface area contributed by atoms with Gasteiger partial charge in [0.15, 0.2) is 0 Å². The van der Waals surface area contributed by atoms with Crippen molar-refractivity contribution in [1.82, 2.24) is 15.0 Å². The number of carbonyl (C=O) groups excluding carboxylic acids is 2. The Morgan fingerprint density at radius 3 is 2.30 bits per heavy atom. The van der Waals surface area contributed by atoms with Crippen LogP contribution in [-0.2, 0) is 19.6 Å². The number of benzene rings is 2. The van der Waals surface area contributed by atoms with Crippen molar-refractivity contribution in [2.75, 3.05) is 18.1 Å². The van der Waals surface area contributed by atoms with Crippen LogP contribution in [0.1, 0.15) is 39.3 Å². The Bertz CT molecular complexity index is 1130. The highest BCUT2D eigenvalue weighted by Crippen LogP contribution is 2.20. The Kier molecular flexibility index (Phi) is 7.50. The van der Waals surface area contributed by atoms with Crippen molar-refractivity contribution in [2.24, 2.45) is 4.99 Å². The van der Waals surface area contributed by atoms with Gasteiger partial charge in [-0.1, -0.05) is 44.2 Å². The molecule has 2 N–H and O–H groups in total. The zero-order valence-corrected chi connectivity index (χ0v) is 20.0. The van der Waals surface area contributed by atoms with Gasteiger partial charge in [0, 0.05) is 13.1 Å². The molecule has 2 amide bonds. The lowest BCUT2D eigenvalue weighted by Crippen LogP contribution is -2.58. The average Bonchev–Trinajstić information content (AvgIpc) is 2.81. The summed E-state index contributed by atoms with van der Waals surface area (Å²) in [7, 11) is -3.55. The summed E-state index contributed by atoms with van der Waals surface area (Å²) in [4.78, 5) is 29.8. The van der Waals surface area contributed by atoms with Crippen molar-refractivity contribution >= 4 is 33.4 Å². The average molecular weight is 472 g/mol. The monoisotopic (exact) mass is 471 g/mol. The number of sulfonamides is 1. The fourth-order valence-corrected chi connectivity index (χ4v) is 4.95. The predicted molar refractivity (Wildman–Crippen MR) is 127 cm³/mol. The van der Waals surface area contributed by atoms with E-state index in [0.717, 1.165) is 5.56 Å². The summed E-state index contributed by atoms with van der Waals surface area (Å²) in [6.07, 6.45) is 0. The highest BCUT2D eigenvalue weighted by Gasteiger charge is 2.31. The lowest BCUT2D eigenvalue weighted by atomic mass is 10.1. The molecular weight excluding hydrogens is 442 g/mol. The van der Waals surface area contributed by atoms with Gasteiger partial charge < -0.3 is 5.32 Å². The number of rotatable bonds is 8. The van der Waals surface area contributed by atoms with Gasteiger partial charge in [-0.2, -0.15) is 4.31 Å². The number of amides is 2. The van der Waals surface area contributed by atoms with Crippen molar-refractivity contribution in [1.29, 1.82) is 0 Å². The van der Waals surface area contributed by atoms with Crippen LogP contribution in [-0.4, -0.2) is 49.5 Å². The normalized spacial score (nSPS) is 17.4. The SMILES string of the molecule is CCN(CC)S(=O)(=O)c1ccc([C@H](C)NC(=O)C2=N[C@@H](C)C(=O)N(c3ccccc3)N2)cc1. The summed E-state index contributed by atoms with van der Waals surface area (Å²) in [6, 6.07) is 14.3. The Hall–Kier alpha value is -3.24. The van der Waals surface area contributed by atoms with Crippen molar-refractivity contribution in [3.8, 4) is 0 Å². The maximum absolute atomic E-state index is 12.9. The van der Waals surface area contributed by atoms with Gasteiger partial charge in [0.1, 0.15) is 6.04 Å². The van der Waals surface area contributed by atoms with E-state index in [0.29, 0.717) is 18.8 Å². The van der Waals surface area contributed by atoms with E-state index in [1.165, 1.54) is 9.31 Å². The number of hydrazine groups is 1. The number of hydrogen-bond acceptors (Lipinski definition) is 6. The molecule has 9 nitrogen and oxygen atoms in total. The molecule has 1 aliphatic rings. The third-order valence-corrected chi connectivity index (χ3v) is 7.48. The maximum Gasteiger partial charge on any atom is 0.288 e. The topological polar surface area (TPSA) is 111 Å².